The normalized spacial score (nSPS) is 12.5. The Hall–Kier alpha value is -0.850. The number of carbonyl (C=O) groups excluding carboxylic acids is 1. The first-order valence-corrected chi connectivity index (χ1v) is 7.02. The number of amides is 1. The molecule has 0 aliphatic carbocycles. The molecule has 0 spiro atoms. The molecule has 0 heterocycles. The molecule has 1 aromatic rings. The van der Waals surface area contributed by atoms with Crippen LogP contribution in [0.3, 0.4) is 0 Å². The number of rotatable bonds is 6. The van der Waals surface area contributed by atoms with Gasteiger partial charge in [0.1, 0.15) is 0 Å². The first kappa shape index (κ1) is 16.2. The van der Waals surface area contributed by atoms with Gasteiger partial charge >= 0.3 is 0 Å². The standard InChI is InChI=1S/C12H15ClF2N2OS/c1-7(5-16)12(18)17-9-4-2-3-8(13)11(9)19-6-10(14)15/h2-4,7,10H,5-6,16H2,1H3,(H,17,18). The zero-order valence-corrected chi connectivity index (χ0v) is 11.9. The van der Waals surface area contributed by atoms with E-state index >= 15 is 0 Å². The van der Waals surface area contributed by atoms with E-state index in [0.29, 0.717) is 15.6 Å². The molecule has 0 aliphatic rings. The van der Waals surface area contributed by atoms with Crippen molar-refractivity contribution in [3.63, 3.8) is 0 Å². The Balaban J connectivity index is 2.87. The summed E-state index contributed by atoms with van der Waals surface area (Å²) in [7, 11) is 0. The highest BCUT2D eigenvalue weighted by atomic mass is 35.5. The Morgan fingerprint density at radius 3 is 2.79 bits per heavy atom. The maximum atomic E-state index is 12.3. The topological polar surface area (TPSA) is 55.1 Å². The van der Waals surface area contributed by atoms with Crippen molar-refractivity contribution in [2.24, 2.45) is 11.7 Å². The molecular formula is C12H15ClF2N2OS. The third-order valence-corrected chi connectivity index (χ3v) is 3.95. The number of hydrogen-bond acceptors (Lipinski definition) is 3. The molecule has 0 radical (unpaired) electrons. The van der Waals surface area contributed by atoms with Gasteiger partial charge in [-0.3, -0.25) is 4.79 Å². The number of benzene rings is 1. The zero-order chi connectivity index (χ0) is 14.4. The smallest absolute Gasteiger partial charge is 0.247 e. The van der Waals surface area contributed by atoms with Crippen LogP contribution >= 0.6 is 23.4 Å². The van der Waals surface area contributed by atoms with Gasteiger partial charge in [0.25, 0.3) is 0 Å². The SMILES string of the molecule is CC(CN)C(=O)Nc1cccc(Cl)c1SCC(F)F. The Labute approximate surface area is 119 Å². The summed E-state index contributed by atoms with van der Waals surface area (Å²) in [6.45, 7) is 1.90. The van der Waals surface area contributed by atoms with Gasteiger partial charge in [-0.25, -0.2) is 8.78 Å². The first-order chi connectivity index (χ1) is 8.95. The van der Waals surface area contributed by atoms with Crippen molar-refractivity contribution in [2.45, 2.75) is 18.2 Å². The summed E-state index contributed by atoms with van der Waals surface area (Å²) in [6.07, 6.45) is -2.44. The average molecular weight is 309 g/mol. The average Bonchev–Trinajstić information content (AvgIpc) is 2.36. The predicted octanol–water partition coefficient (Wildman–Crippen LogP) is 3.23. The minimum absolute atomic E-state index is 0.214. The molecule has 1 atom stereocenters. The van der Waals surface area contributed by atoms with Crippen LogP contribution in [-0.4, -0.2) is 24.6 Å². The van der Waals surface area contributed by atoms with E-state index in [1.165, 1.54) is 0 Å². The minimum Gasteiger partial charge on any atom is -0.330 e. The van der Waals surface area contributed by atoms with Gasteiger partial charge in [0.2, 0.25) is 12.3 Å². The summed E-state index contributed by atoms with van der Waals surface area (Å²) in [5.41, 5.74) is 5.84. The molecule has 1 unspecified atom stereocenters. The van der Waals surface area contributed by atoms with Crippen molar-refractivity contribution in [2.75, 3.05) is 17.6 Å². The second-order valence-corrected chi connectivity index (χ2v) is 5.38. The van der Waals surface area contributed by atoms with E-state index in [4.69, 9.17) is 17.3 Å². The van der Waals surface area contributed by atoms with E-state index in [0.717, 1.165) is 11.8 Å². The largest absolute Gasteiger partial charge is 0.330 e. The maximum absolute atomic E-state index is 12.3. The number of carbonyl (C=O) groups is 1. The van der Waals surface area contributed by atoms with Gasteiger partial charge in [-0.05, 0) is 12.1 Å². The van der Waals surface area contributed by atoms with E-state index in [9.17, 15) is 13.6 Å². The lowest BCUT2D eigenvalue weighted by atomic mass is 10.1. The van der Waals surface area contributed by atoms with Crippen LogP contribution in [-0.2, 0) is 4.79 Å². The van der Waals surface area contributed by atoms with Gasteiger partial charge in [-0.2, -0.15) is 0 Å². The molecule has 3 N–H and O–H groups in total. The Kier molecular flexibility index (Phi) is 6.54. The van der Waals surface area contributed by atoms with Gasteiger partial charge in [-0.1, -0.05) is 24.6 Å². The zero-order valence-electron chi connectivity index (χ0n) is 10.3. The van der Waals surface area contributed by atoms with Crippen molar-refractivity contribution >= 4 is 35.0 Å². The third kappa shape index (κ3) is 4.97. The highest BCUT2D eigenvalue weighted by Crippen LogP contribution is 2.35. The number of nitrogens with one attached hydrogen (secondary N) is 1. The first-order valence-electron chi connectivity index (χ1n) is 5.66. The Morgan fingerprint density at radius 2 is 2.21 bits per heavy atom. The van der Waals surface area contributed by atoms with E-state index in [1.54, 1.807) is 25.1 Å². The van der Waals surface area contributed by atoms with Crippen molar-refractivity contribution in [1.29, 1.82) is 0 Å². The van der Waals surface area contributed by atoms with Crippen LogP contribution in [0.2, 0.25) is 5.02 Å². The summed E-state index contributed by atoms with van der Waals surface area (Å²) in [5, 5.41) is 2.99. The molecule has 1 rings (SSSR count). The Bertz CT molecular complexity index is 446. The van der Waals surface area contributed by atoms with Crippen LogP contribution in [0.1, 0.15) is 6.92 Å². The number of hydrogen-bond donors (Lipinski definition) is 2. The number of halogens is 3. The highest BCUT2D eigenvalue weighted by Gasteiger charge is 2.16. The van der Waals surface area contributed by atoms with Crippen LogP contribution in [0, 0.1) is 5.92 Å². The van der Waals surface area contributed by atoms with Gasteiger partial charge in [0.15, 0.2) is 0 Å². The third-order valence-electron chi connectivity index (χ3n) is 2.38. The number of thioether (sulfide) groups is 1. The fourth-order valence-corrected chi connectivity index (χ4v) is 2.37. The van der Waals surface area contributed by atoms with E-state index in [1.807, 2.05) is 0 Å². The van der Waals surface area contributed by atoms with Gasteiger partial charge in [0.05, 0.1) is 16.5 Å². The molecule has 0 bridgehead atoms. The van der Waals surface area contributed by atoms with Crippen molar-refractivity contribution < 1.29 is 13.6 Å². The van der Waals surface area contributed by atoms with Gasteiger partial charge in [-0.15, -0.1) is 11.8 Å². The van der Waals surface area contributed by atoms with E-state index in [-0.39, 0.29) is 24.1 Å². The minimum atomic E-state index is -2.44. The molecule has 0 saturated carbocycles. The molecular weight excluding hydrogens is 294 g/mol. The molecule has 0 fully saturated rings. The monoisotopic (exact) mass is 308 g/mol. The summed E-state index contributed by atoms with van der Waals surface area (Å²) in [5.74, 6) is -0.991. The van der Waals surface area contributed by atoms with Crippen LogP contribution < -0.4 is 11.1 Å². The lowest BCUT2D eigenvalue weighted by molar-refractivity contribution is -0.119. The van der Waals surface area contributed by atoms with Crippen LogP contribution in [0.5, 0.6) is 0 Å². The Morgan fingerprint density at radius 1 is 1.53 bits per heavy atom. The second-order valence-electron chi connectivity index (χ2n) is 3.94. The summed E-state index contributed by atoms with van der Waals surface area (Å²) >= 11 is 6.88. The second kappa shape index (κ2) is 7.67. The van der Waals surface area contributed by atoms with Crippen molar-refractivity contribution in [1.82, 2.24) is 0 Å². The number of alkyl halides is 2. The molecule has 0 saturated heterocycles. The van der Waals surface area contributed by atoms with Crippen LogP contribution in [0.25, 0.3) is 0 Å². The molecule has 106 valence electrons. The predicted molar refractivity (Wildman–Crippen MR) is 75.0 cm³/mol. The molecule has 3 nitrogen and oxygen atoms in total. The quantitative estimate of drug-likeness (QED) is 0.793. The van der Waals surface area contributed by atoms with Gasteiger partial charge in [0, 0.05) is 17.4 Å². The van der Waals surface area contributed by atoms with E-state index in [2.05, 4.69) is 5.32 Å². The maximum Gasteiger partial charge on any atom is 0.247 e. The van der Waals surface area contributed by atoms with Crippen molar-refractivity contribution in [3.8, 4) is 0 Å². The van der Waals surface area contributed by atoms with Gasteiger partial charge < -0.3 is 11.1 Å². The summed E-state index contributed by atoms with van der Waals surface area (Å²) < 4.78 is 24.5. The summed E-state index contributed by atoms with van der Waals surface area (Å²) in [6, 6.07) is 4.87. The van der Waals surface area contributed by atoms with Crippen molar-refractivity contribution in [3.05, 3.63) is 23.2 Å². The fraction of sp³-hybridized carbons (Fsp3) is 0.417. The lowest BCUT2D eigenvalue weighted by Gasteiger charge is -2.14. The molecule has 0 aromatic heterocycles. The van der Waals surface area contributed by atoms with E-state index < -0.39 is 6.43 Å². The molecule has 19 heavy (non-hydrogen) atoms. The van der Waals surface area contributed by atoms with Crippen LogP contribution in [0.15, 0.2) is 23.1 Å². The fourth-order valence-electron chi connectivity index (χ4n) is 1.26. The summed E-state index contributed by atoms with van der Waals surface area (Å²) in [4.78, 5) is 12.2. The molecule has 1 aromatic carbocycles. The molecule has 0 aliphatic heterocycles. The molecule has 7 heteroatoms. The lowest BCUT2D eigenvalue weighted by Crippen LogP contribution is -2.26. The number of anilines is 1. The van der Waals surface area contributed by atoms with Crippen LogP contribution in [0.4, 0.5) is 14.5 Å². The molecule has 1 amide bonds. The number of nitrogens with two attached hydrogens (primary N) is 1. The highest BCUT2D eigenvalue weighted by molar-refractivity contribution is 7.99.